The Kier molecular flexibility index (Phi) is 5.32. The molecule has 1 aromatic rings. The zero-order chi connectivity index (χ0) is 15.5. The quantitative estimate of drug-likeness (QED) is 0.872. The zero-order valence-electron chi connectivity index (χ0n) is 12.3. The van der Waals surface area contributed by atoms with Crippen molar-refractivity contribution in [3.8, 4) is 0 Å². The number of piperazine rings is 1. The van der Waals surface area contributed by atoms with Crippen LogP contribution < -0.4 is 5.73 Å². The lowest BCUT2D eigenvalue weighted by atomic mass is 10.2. The first-order chi connectivity index (χ1) is 9.95. The van der Waals surface area contributed by atoms with Gasteiger partial charge in [0.05, 0.1) is 4.90 Å². The van der Waals surface area contributed by atoms with E-state index in [0.29, 0.717) is 38.3 Å². The van der Waals surface area contributed by atoms with Crippen molar-refractivity contribution in [2.75, 3.05) is 39.3 Å². The van der Waals surface area contributed by atoms with Crippen LogP contribution in [0.2, 0.25) is 0 Å². The van der Waals surface area contributed by atoms with E-state index in [2.05, 4.69) is 4.90 Å². The molecule has 5 nitrogen and oxygen atoms in total. The molecular weight excluding hydrogens is 293 g/mol. The number of nitrogens with zero attached hydrogens (tertiary/aromatic N) is 2. The molecule has 1 aromatic carbocycles. The van der Waals surface area contributed by atoms with Crippen molar-refractivity contribution in [2.45, 2.75) is 18.2 Å². The second-order valence-electron chi connectivity index (χ2n) is 5.30. The summed E-state index contributed by atoms with van der Waals surface area (Å²) >= 11 is 0. The molecule has 1 aliphatic rings. The molecule has 21 heavy (non-hydrogen) atoms. The van der Waals surface area contributed by atoms with E-state index in [1.807, 2.05) is 0 Å². The van der Waals surface area contributed by atoms with Gasteiger partial charge in [-0.2, -0.15) is 4.31 Å². The van der Waals surface area contributed by atoms with Gasteiger partial charge in [0.1, 0.15) is 5.82 Å². The molecule has 0 saturated carbocycles. The summed E-state index contributed by atoms with van der Waals surface area (Å²) in [5, 5.41) is 0. The summed E-state index contributed by atoms with van der Waals surface area (Å²) in [7, 11) is -3.54. The summed E-state index contributed by atoms with van der Waals surface area (Å²) in [5.74, 6) is -0.418. The Morgan fingerprint density at radius 2 is 1.90 bits per heavy atom. The number of hydrogen-bond donors (Lipinski definition) is 1. The molecule has 0 amide bonds. The van der Waals surface area contributed by atoms with Crippen molar-refractivity contribution in [1.82, 2.24) is 9.21 Å². The highest BCUT2D eigenvalue weighted by molar-refractivity contribution is 7.89. The summed E-state index contributed by atoms with van der Waals surface area (Å²) in [6.07, 6.45) is 0.920. The zero-order valence-corrected chi connectivity index (χ0v) is 13.1. The van der Waals surface area contributed by atoms with Gasteiger partial charge in [-0.3, -0.25) is 0 Å². The van der Waals surface area contributed by atoms with Crippen LogP contribution in [0, 0.1) is 12.7 Å². The molecule has 0 aliphatic carbocycles. The molecule has 0 unspecified atom stereocenters. The smallest absolute Gasteiger partial charge is 0.243 e. The number of rotatable bonds is 5. The van der Waals surface area contributed by atoms with E-state index in [9.17, 15) is 12.8 Å². The molecule has 0 radical (unpaired) electrons. The molecule has 0 atom stereocenters. The minimum absolute atomic E-state index is 0.194. The molecule has 0 bridgehead atoms. The van der Waals surface area contributed by atoms with Gasteiger partial charge < -0.3 is 10.6 Å². The molecular formula is C14H22FN3O2S. The number of benzene rings is 1. The highest BCUT2D eigenvalue weighted by Gasteiger charge is 2.29. The molecule has 1 heterocycles. The van der Waals surface area contributed by atoms with Crippen molar-refractivity contribution >= 4 is 10.0 Å². The Morgan fingerprint density at radius 1 is 1.24 bits per heavy atom. The van der Waals surface area contributed by atoms with Crippen LogP contribution in [0.15, 0.2) is 23.1 Å². The Labute approximate surface area is 125 Å². The van der Waals surface area contributed by atoms with Gasteiger partial charge in [-0.15, -0.1) is 0 Å². The lowest BCUT2D eigenvalue weighted by Gasteiger charge is -2.34. The molecule has 118 valence electrons. The first-order valence-corrected chi connectivity index (χ1v) is 8.58. The van der Waals surface area contributed by atoms with Gasteiger partial charge in [0.25, 0.3) is 0 Å². The average molecular weight is 315 g/mol. The van der Waals surface area contributed by atoms with Gasteiger partial charge in [0, 0.05) is 26.2 Å². The van der Waals surface area contributed by atoms with E-state index in [1.165, 1.54) is 22.5 Å². The third-order valence-electron chi connectivity index (χ3n) is 3.76. The first kappa shape index (κ1) is 16.4. The fourth-order valence-corrected chi connectivity index (χ4v) is 4.18. The highest BCUT2D eigenvalue weighted by atomic mass is 32.2. The molecule has 1 aliphatic heterocycles. The van der Waals surface area contributed by atoms with Crippen molar-refractivity contribution < 1.29 is 12.8 Å². The van der Waals surface area contributed by atoms with Crippen LogP contribution in [0.4, 0.5) is 4.39 Å². The molecule has 1 fully saturated rings. The van der Waals surface area contributed by atoms with Gasteiger partial charge in [0.2, 0.25) is 10.0 Å². The second-order valence-corrected chi connectivity index (χ2v) is 7.20. The minimum atomic E-state index is -3.54. The van der Waals surface area contributed by atoms with Crippen LogP contribution in [-0.2, 0) is 10.0 Å². The highest BCUT2D eigenvalue weighted by Crippen LogP contribution is 2.21. The standard InChI is InChI=1S/C14H22FN3O2S/c1-12-11-13(15)3-4-14(12)21(19,20)18-9-7-17(8-10-18)6-2-5-16/h3-4,11H,2,5-10,16H2,1H3. The van der Waals surface area contributed by atoms with Gasteiger partial charge in [-0.1, -0.05) is 0 Å². The number of aryl methyl sites for hydroxylation is 1. The lowest BCUT2D eigenvalue weighted by Crippen LogP contribution is -2.49. The first-order valence-electron chi connectivity index (χ1n) is 7.14. The van der Waals surface area contributed by atoms with Crippen LogP contribution in [-0.4, -0.2) is 56.9 Å². The molecule has 2 rings (SSSR count). The maximum absolute atomic E-state index is 13.1. The second kappa shape index (κ2) is 6.83. The van der Waals surface area contributed by atoms with Crippen molar-refractivity contribution in [3.63, 3.8) is 0 Å². The molecule has 7 heteroatoms. The number of halogens is 1. The summed E-state index contributed by atoms with van der Waals surface area (Å²) in [6.45, 7) is 5.51. The van der Waals surface area contributed by atoms with Crippen molar-refractivity contribution in [1.29, 1.82) is 0 Å². The number of nitrogens with two attached hydrogens (primary N) is 1. The van der Waals surface area contributed by atoms with Crippen LogP contribution in [0.5, 0.6) is 0 Å². The summed E-state index contributed by atoms with van der Waals surface area (Å²) in [4.78, 5) is 2.41. The maximum Gasteiger partial charge on any atom is 0.243 e. The van der Waals surface area contributed by atoms with Gasteiger partial charge in [-0.05, 0) is 50.2 Å². The summed E-state index contributed by atoms with van der Waals surface area (Å²) in [6, 6.07) is 3.79. The molecule has 0 aromatic heterocycles. The van der Waals surface area contributed by atoms with Crippen molar-refractivity contribution in [2.24, 2.45) is 5.73 Å². The average Bonchev–Trinajstić information content (AvgIpc) is 2.45. The third kappa shape index (κ3) is 3.79. The molecule has 2 N–H and O–H groups in total. The van der Waals surface area contributed by atoms with Gasteiger partial charge >= 0.3 is 0 Å². The minimum Gasteiger partial charge on any atom is -0.330 e. The normalized spacial score (nSPS) is 18.0. The Hall–Kier alpha value is -1.02. The van der Waals surface area contributed by atoms with Gasteiger partial charge in [0.15, 0.2) is 0 Å². The lowest BCUT2D eigenvalue weighted by molar-refractivity contribution is 0.187. The molecule has 0 spiro atoms. The van der Waals surface area contributed by atoms with E-state index in [0.717, 1.165) is 13.0 Å². The Bertz CT molecular complexity index is 584. The monoisotopic (exact) mass is 315 g/mol. The fourth-order valence-electron chi connectivity index (χ4n) is 2.55. The summed E-state index contributed by atoms with van der Waals surface area (Å²) < 4.78 is 39.8. The Morgan fingerprint density at radius 3 is 2.48 bits per heavy atom. The predicted octanol–water partition coefficient (Wildman–Crippen LogP) is 0.789. The predicted molar refractivity (Wildman–Crippen MR) is 80.0 cm³/mol. The van der Waals surface area contributed by atoms with E-state index in [4.69, 9.17) is 5.73 Å². The maximum atomic E-state index is 13.1. The number of hydrogen-bond acceptors (Lipinski definition) is 4. The van der Waals surface area contributed by atoms with E-state index >= 15 is 0 Å². The Balaban J connectivity index is 2.08. The van der Waals surface area contributed by atoms with Crippen LogP contribution in [0.3, 0.4) is 0 Å². The van der Waals surface area contributed by atoms with E-state index < -0.39 is 15.8 Å². The topological polar surface area (TPSA) is 66.6 Å². The largest absolute Gasteiger partial charge is 0.330 e. The van der Waals surface area contributed by atoms with Crippen LogP contribution in [0.25, 0.3) is 0 Å². The van der Waals surface area contributed by atoms with E-state index in [-0.39, 0.29) is 4.90 Å². The van der Waals surface area contributed by atoms with Crippen molar-refractivity contribution in [3.05, 3.63) is 29.6 Å². The van der Waals surface area contributed by atoms with Gasteiger partial charge in [-0.25, -0.2) is 12.8 Å². The summed E-state index contributed by atoms with van der Waals surface area (Å²) in [5.41, 5.74) is 5.93. The SMILES string of the molecule is Cc1cc(F)ccc1S(=O)(=O)N1CCN(CCCN)CC1. The number of sulfonamides is 1. The van der Waals surface area contributed by atoms with Crippen LogP contribution >= 0.6 is 0 Å². The van der Waals surface area contributed by atoms with Crippen LogP contribution in [0.1, 0.15) is 12.0 Å². The molecule has 1 saturated heterocycles. The van der Waals surface area contributed by atoms with E-state index in [1.54, 1.807) is 6.92 Å². The fraction of sp³-hybridized carbons (Fsp3) is 0.571. The third-order valence-corrected chi connectivity index (χ3v) is 5.82.